The number of hydrogen-bond acceptors (Lipinski definition) is 2. The summed E-state index contributed by atoms with van der Waals surface area (Å²) in [6, 6.07) is 13.3. The minimum atomic E-state index is -0.172. The van der Waals surface area contributed by atoms with Gasteiger partial charge in [0.05, 0.1) is 0 Å². The van der Waals surface area contributed by atoms with Gasteiger partial charge in [-0.05, 0) is 48.7 Å². The second kappa shape index (κ2) is 7.14. The van der Waals surface area contributed by atoms with Crippen molar-refractivity contribution in [1.29, 1.82) is 0 Å². The molecule has 2 aromatic carbocycles. The van der Waals surface area contributed by atoms with Gasteiger partial charge in [-0.1, -0.05) is 35.9 Å². The van der Waals surface area contributed by atoms with Gasteiger partial charge in [0.15, 0.2) is 6.61 Å². The summed E-state index contributed by atoms with van der Waals surface area (Å²) in [6.07, 6.45) is 0. The van der Waals surface area contributed by atoms with Crippen LogP contribution < -0.4 is 10.1 Å². The number of carbonyl (C=O) groups is 1. The molecule has 1 N–H and O–H groups in total. The fraction of sp³-hybridized carbons (Fsp3) is 0.235. The highest BCUT2D eigenvalue weighted by Gasteiger charge is 2.05. The van der Waals surface area contributed by atoms with E-state index in [1.165, 1.54) is 0 Å². The second-order valence-corrected chi connectivity index (χ2v) is 5.39. The molecular formula is C17H18ClNO2. The third-order valence-corrected chi connectivity index (χ3v) is 3.37. The molecule has 4 heteroatoms. The highest BCUT2D eigenvalue weighted by atomic mass is 35.5. The number of nitrogens with one attached hydrogen (secondary N) is 1. The first kappa shape index (κ1) is 15.4. The van der Waals surface area contributed by atoms with Gasteiger partial charge in [-0.15, -0.1) is 0 Å². The molecule has 3 nitrogen and oxygen atoms in total. The lowest BCUT2D eigenvalue weighted by atomic mass is 10.1. The molecule has 110 valence electrons. The monoisotopic (exact) mass is 303 g/mol. The van der Waals surface area contributed by atoms with Gasteiger partial charge in [-0.25, -0.2) is 0 Å². The standard InChI is InChI=1S/C17H18ClNO2/c1-12-7-13(2)9-15(8-12)21-11-17(20)19-10-14-5-3-4-6-16(14)18/h3-9H,10-11H2,1-2H3,(H,19,20). The number of amides is 1. The van der Waals surface area contributed by atoms with E-state index in [0.717, 1.165) is 16.7 Å². The van der Waals surface area contributed by atoms with Crippen molar-refractivity contribution < 1.29 is 9.53 Å². The molecule has 0 unspecified atom stereocenters. The number of halogens is 1. The van der Waals surface area contributed by atoms with Crippen LogP contribution in [0.1, 0.15) is 16.7 Å². The lowest BCUT2D eigenvalue weighted by Crippen LogP contribution is -2.28. The van der Waals surface area contributed by atoms with E-state index in [1.807, 2.05) is 44.2 Å². The highest BCUT2D eigenvalue weighted by molar-refractivity contribution is 6.31. The predicted octanol–water partition coefficient (Wildman–Crippen LogP) is 3.65. The summed E-state index contributed by atoms with van der Waals surface area (Å²) in [7, 11) is 0. The van der Waals surface area contributed by atoms with Crippen LogP contribution in [0.3, 0.4) is 0 Å². The molecule has 2 aromatic rings. The molecule has 0 atom stereocenters. The molecular weight excluding hydrogens is 286 g/mol. The number of ether oxygens (including phenoxy) is 1. The Morgan fingerprint density at radius 3 is 2.48 bits per heavy atom. The Kier molecular flexibility index (Phi) is 5.23. The van der Waals surface area contributed by atoms with Crippen LogP contribution in [-0.4, -0.2) is 12.5 Å². The first-order valence-electron chi connectivity index (χ1n) is 6.76. The van der Waals surface area contributed by atoms with Crippen LogP contribution in [-0.2, 0) is 11.3 Å². The van der Waals surface area contributed by atoms with Gasteiger partial charge < -0.3 is 10.1 Å². The van der Waals surface area contributed by atoms with E-state index in [2.05, 4.69) is 11.4 Å². The molecule has 1 amide bonds. The van der Waals surface area contributed by atoms with E-state index in [0.29, 0.717) is 17.3 Å². The topological polar surface area (TPSA) is 38.3 Å². The molecule has 0 spiro atoms. The Morgan fingerprint density at radius 1 is 1.14 bits per heavy atom. The molecule has 0 aromatic heterocycles. The average molecular weight is 304 g/mol. The molecule has 0 saturated heterocycles. The maximum Gasteiger partial charge on any atom is 0.258 e. The fourth-order valence-corrected chi connectivity index (χ4v) is 2.25. The molecule has 0 aliphatic heterocycles. The lowest BCUT2D eigenvalue weighted by Gasteiger charge is -2.09. The maximum atomic E-state index is 11.8. The van der Waals surface area contributed by atoms with Crippen molar-refractivity contribution in [3.05, 3.63) is 64.2 Å². The van der Waals surface area contributed by atoms with Crippen LogP contribution >= 0.6 is 11.6 Å². The first-order valence-corrected chi connectivity index (χ1v) is 7.13. The number of benzene rings is 2. The summed E-state index contributed by atoms with van der Waals surface area (Å²) in [5.41, 5.74) is 3.11. The van der Waals surface area contributed by atoms with Crippen LogP contribution in [0.4, 0.5) is 0 Å². The van der Waals surface area contributed by atoms with Gasteiger partial charge in [0.25, 0.3) is 5.91 Å². The Morgan fingerprint density at radius 2 is 1.81 bits per heavy atom. The van der Waals surface area contributed by atoms with Gasteiger partial charge in [0.1, 0.15) is 5.75 Å². The third kappa shape index (κ3) is 4.80. The third-order valence-electron chi connectivity index (χ3n) is 3.00. The zero-order chi connectivity index (χ0) is 15.2. The summed E-state index contributed by atoms with van der Waals surface area (Å²) in [5.74, 6) is 0.537. The van der Waals surface area contributed by atoms with E-state index in [1.54, 1.807) is 6.07 Å². The molecule has 0 aliphatic carbocycles. The van der Waals surface area contributed by atoms with E-state index in [4.69, 9.17) is 16.3 Å². The van der Waals surface area contributed by atoms with Crippen molar-refractivity contribution >= 4 is 17.5 Å². The Hall–Kier alpha value is -2.00. The van der Waals surface area contributed by atoms with Crippen LogP contribution in [0.15, 0.2) is 42.5 Å². The maximum absolute atomic E-state index is 11.8. The van der Waals surface area contributed by atoms with Crippen molar-refractivity contribution in [2.75, 3.05) is 6.61 Å². The van der Waals surface area contributed by atoms with Gasteiger partial charge in [-0.2, -0.15) is 0 Å². The zero-order valence-corrected chi connectivity index (χ0v) is 12.9. The van der Waals surface area contributed by atoms with Crippen molar-refractivity contribution in [1.82, 2.24) is 5.32 Å². The smallest absolute Gasteiger partial charge is 0.258 e. The summed E-state index contributed by atoms with van der Waals surface area (Å²) >= 11 is 6.03. The molecule has 21 heavy (non-hydrogen) atoms. The lowest BCUT2D eigenvalue weighted by molar-refractivity contribution is -0.123. The quantitative estimate of drug-likeness (QED) is 0.915. The van der Waals surface area contributed by atoms with Crippen LogP contribution in [0.5, 0.6) is 5.75 Å². The van der Waals surface area contributed by atoms with Gasteiger partial charge >= 0.3 is 0 Å². The Bertz CT molecular complexity index is 620. The minimum Gasteiger partial charge on any atom is -0.484 e. The fourth-order valence-electron chi connectivity index (χ4n) is 2.05. The van der Waals surface area contributed by atoms with Crippen molar-refractivity contribution in [3.63, 3.8) is 0 Å². The summed E-state index contributed by atoms with van der Waals surface area (Å²) in [5, 5.41) is 3.44. The van der Waals surface area contributed by atoms with Gasteiger partial charge in [-0.3, -0.25) is 4.79 Å². The van der Waals surface area contributed by atoms with E-state index in [9.17, 15) is 4.79 Å². The summed E-state index contributed by atoms with van der Waals surface area (Å²) in [6.45, 7) is 4.39. The van der Waals surface area contributed by atoms with E-state index < -0.39 is 0 Å². The summed E-state index contributed by atoms with van der Waals surface area (Å²) in [4.78, 5) is 11.8. The molecule has 0 fully saturated rings. The molecule has 0 heterocycles. The van der Waals surface area contributed by atoms with Crippen LogP contribution in [0.2, 0.25) is 5.02 Å². The normalized spacial score (nSPS) is 10.2. The molecule has 0 radical (unpaired) electrons. The molecule has 0 aliphatic rings. The average Bonchev–Trinajstić information content (AvgIpc) is 2.43. The zero-order valence-electron chi connectivity index (χ0n) is 12.2. The predicted molar refractivity (Wildman–Crippen MR) is 84.7 cm³/mol. The second-order valence-electron chi connectivity index (χ2n) is 4.98. The Balaban J connectivity index is 1.84. The number of carbonyl (C=O) groups excluding carboxylic acids is 1. The molecule has 2 rings (SSSR count). The van der Waals surface area contributed by atoms with E-state index in [-0.39, 0.29) is 12.5 Å². The molecule has 0 saturated carbocycles. The van der Waals surface area contributed by atoms with Gasteiger partial charge in [0.2, 0.25) is 0 Å². The highest BCUT2D eigenvalue weighted by Crippen LogP contribution is 2.16. The summed E-state index contributed by atoms with van der Waals surface area (Å²) < 4.78 is 5.50. The molecule has 0 bridgehead atoms. The van der Waals surface area contributed by atoms with E-state index >= 15 is 0 Å². The SMILES string of the molecule is Cc1cc(C)cc(OCC(=O)NCc2ccccc2Cl)c1. The van der Waals surface area contributed by atoms with Crippen molar-refractivity contribution in [2.45, 2.75) is 20.4 Å². The minimum absolute atomic E-state index is 0.00660. The number of hydrogen-bond donors (Lipinski definition) is 1. The van der Waals surface area contributed by atoms with Crippen molar-refractivity contribution in [2.24, 2.45) is 0 Å². The van der Waals surface area contributed by atoms with Crippen LogP contribution in [0.25, 0.3) is 0 Å². The van der Waals surface area contributed by atoms with Crippen LogP contribution in [0, 0.1) is 13.8 Å². The number of rotatable bonds is 5. The Labute approximate surface area is 129 Å². The largest absolute Gasteiger partial charge is 0.484 e. The first-order chi connectivity index (χ1) is 10.0. The van der Waals surface area contributed by atoms with Gasteiger partial charge in [0, 0.05) is 11.6 Å². The number of aryl methyl sites for hydroxylation is 2. The van der Waals surface area contributed by atoms with Crippen molar-refractivity contribution in [3.8, 4) is 5.75 Å².